The van der Waals surface area contributed by atoms with Gasteiger partial charge in [-0.15, -0.1) is 0 Å². The van der Waals surface area contributed by atoms with Crippen LogP contribution in [0.25, 0.3) is 0 Å². The lowest BCUT2D eigenvalue weighted by Gasteiger charge is -2.18. The van der Waals surface area contributed by atoms with Crippen LogP contribution in [-0.2, 0) is 6.42 Å². The van der Waals surface area contributed by atoms with Crippen molar-refractivity contribution in [3.8, 4) is 0 Å². The van der Waals surface area contributed by atoms with Crippen molar-refractivity contribution in [1.29, 1.82) is 0 Å². The third-order valence-corrected chi connectivity index (χ3v) is 3.28. The lowest BCUT2D eigenvalue weighted by Crippen LogP contribution is -2.18. The van der Waals surface area contributed by atoms with E-state index in [1.165, 1.54) is 12.7 Å². The molecule has 0 radical (unpaired) electrons. The summed E-state index contributed by atoms with van der Waals surface area (Å²) in [5.74, 6) is 1.63. The minimum absolute atomic E-state index is 0.411. The largest absolute Gasteiger partial charge is 0.367 e. The van der Waals surface area contributed by atoms with Crippen LogP contribution in [-0.4, -0.2) is 16.0 Å². The Labute approximate surface area is 115 Å². The van der Waals surface area contributed by atoms with E-state index in [0.717, 1.165) is 36.6 Å². The quantitative estimate of drug-likeness (QED) is 0.749. The molecular formula is C14H24ClN3. The van der Waals surface area contributed by atoms with Gasteiger partial charge in [-0.25, -0.2) is 9.97 Å². The van der Waals surface area contributed by atoms with E-state index in [4.69, 9.17) is 11.6 Å². The van der Waals surface area contributed by atoms with Crippen LogP contribution in [0.15, 0.2) is 6.33 Å². The van der Waals surface area contributed by atoms with Crippen LogP contribution in [0.3, 0.4) is 0 Å². The second-order valence-corrected chi connectivity index (χ2v) is 5.62. The number of anilines is 1. The van der Waals surface area contributed by atoms with E-state index in [9.17, 15) is 0 Å². The van der Waals surface area contributed by atoms with Gasteiger partial charge in [-0.1, -0.05) is 38.8 Å². The molecule has 4 heteroatoms. The number of nitrogens with zero attached hydrogens (tertiary/aromatic N) is 2. The molecule has 0 saturated heterocycles. The van der Waals surface area contributed by atoms with E-state index >= 15 is 0 Å². The van der Waals surface area contributed by atoms with E-state index in [1.807, 2.05) is 0 Å². The number of aromatic nitrogens is 2. The summed E-state index contributed by atoms with van der Waals surface area (Å²) in [6.07, 6.45) is 5.85. The molecule has 1 rings (SSSR count). The lowest BCUT2D eigenvalue weighted by atomic mass is 10.0. The molecule has 0 amide bonds. The van der Waals surface area contributed by atoms with Gasteiger partial charge in [0.05, 0.1) is 0 Å². The summed E-state index contributed by atoms with van der Waals surface area (Å²) in [4.78, 5) is 8.37. The molecule has 0 bridgehead atoms. The van der Waals surface area contributed by atoms with Crippen LogP contribution in [0.1, 0.15) is 52.5 Å². The zero-order chi connectivity index (χ0) is 13.5. The molecule has 0 aliphatic rings. The van der Waals surface area contributed by atoms with Crippen molar-refractivity contribution in [1.82, 2.24) is 9.97 Å². The fourth-order valence-electron chi connectivity index (χ4n) is 1.88. The van der Waals surface area contributed by atoms with Crippen molar-refractivity contribution >= 4 is 17.4 Å². The highest BCUT2D eigenvalue weighted by molar-refractivity contribution is 6.30. The van der Waals surface area contributed by atoms with Gasteiger partial charge >= 0.3 is 0 Å². The second-order valence-electron chi connectivity index (χ2n) is 5.26. The third-order valence-electron chi connectivity index (χ3n) is 2.95. The zero-order valence-corrected chi connectivity index (χ0v) is 12.6. The van der Waals surface area contributed by atoms with Crippen LogP contribution in [0.5, 0.6) is 0 Å². The maximum Gasteiger partial charge on any atom is 0.137 e. The van der Waals surface area contributed by atoms with Crippen molar-refractivity contribution in [3.63, 3.8) is 0 Å². The van der Waals surface area contributed by atoms with Gasteiger partial charge in [0.15, 0.2) is 0 Å². The number of hydrogen-bond acceptors (Lipinski definition) is 3. The smallest absolute Gasteiger partial charge is 0.137 e. The van der Waals surface area contributed by atoms with Gasteiger partial charge in [-0.05, 0) is 32.1 Å². The first kappa shape index (κ1) is 15.2. The number of hydrogen-bond donors (Lipinski definition) is 1. The van der Waals surface area contributed by atoms with Crippen LogP contribution in [0.4, 0.5) is 5.82 Å². The summed E-state index contributed by atoms with van der Waals surface area (Å²) in [7, 11) is 0. The highest BCUT2D eigenvalue weighted by atomic mass is 35.5. The van der Waals surface area contributed by atoms with Crippen molar-refractivity contribution < 1.29 is 0 Å². The Hall–Kier alpha value is -0.830. The Morgan fingerprint density at radius 3 is 2.56 bits per heavy atom. The Morgan fingerprint density at radius 1 is 1.22 bits per heavy atom. The summed E-state index contributed by atoms with van der Waals surface area (Å²) < 4.78 is 0. The van der Waals surface area contributed by atoms with E-state index in [-0.39, 0.29) is 0 Å². The van der Waals surface area contributed by atoms with E-state index in [1.54, 1.807) is 0 Å². The normalized spacial score (nSPS) is 12.8. The standard InChI is InChI=1S/C14H24ClN3/c1-5-6-12-13(15)16-9-17-14(12)18-11(4)8-7-10(2)3/h9-11H,5-8H2,1-4H3,(H,16,17,18). The highest BCUT2D eigenvalue weighted by Crippen LogP contribution is 2.22. The van der Waals surface area contributed by atoms with Crippen molar-refractivity contribution in [2.24, 2.45) is 5.92 Å². The summed E-state index contributed by atoms with van der Waals surface area (Å²) in [5.41, 5.74) is 1.04. The van der Waals surface area contributed by atoms with Gasteiger partial charge < -0.3 is 5.32 Å². The topological polar surface area (TPSA) is 37.8 Å². The molecule has 1 aromatic heterocycles. The van der Waals surface area contributed by atoms with E-state index < -0.39 is 0 Å². The summed E-state index contributed by atoms with van der Waals surface area (Å²) >= 11 is 6.13. The van der Waals surface area contributed by atoms with Gasteiger partial charge in [-0.2, -0.15) is 0 Å². The number of nitrogens with one attached hydrogen (secondary N) is 1. The lowest BCUT2D eigenvalue weighted by molar-refractivity contribution is 0.527. The molecule has 18 heavy (non-hydrogen) atoms. The first-order valence-electron chi connectivity index (χ1n) is 6.80. The van der Waals surface area contributed by atoms with Gasteiger partial charge in [0, 0.05) is 11.6 Å². The van der Waals surface area contributed by atoms with Crippen LogP contribution >= 0.6 is 11.6 Å². The van der Waals surface area contributed by atoms with Gasteiger partial charge in [0.2, 0.25) is 0 Å². The second kappa shape index (κ2) is 7.57. The Morgan fingerprint density at radius 2 is 1.94 bits per heavy atom. The van der Waals surface area contributed by atoms with Crippen molar-refractivity contribution in [2.75, 3.05) is 5.32 Å². The molecule has 0 saturated carbocycles. The average Bonchev–Trinajstić information content (AvgIpc) is 2.31. The van der Waals surface area contributed by atoms with Crippen LogP contribution in [0, 0.1) is 5.92 Å². The number of rotatable bonds is 7. The monoisotopic (exact) mass is 269 g/mol. The average molecular weight is 270 g/mol. The molecular weight excluding hydrogens is 246 g/mol. The summed E-state index contributed by atoms with van der Waals surface area (Å²) in [6.45, 7) is 8.82. The molecule has 1 unspecified atom stereocenters. The maximum absolute atomic E-state index is 6.13. The predicted molar refractivity (Wildman–Crippen MR) is 78.2 cm³/mol. The Balaban J connectivity index is 2.68. The maximum atomic E-state index is 6.13. The number of halogens is 1. The molecule has 1 aromatic rings. The molecule has 102 valence electrons. The third kappa shape index (κ3) is 4.81. The first-order chi connectivity index (χ1) is 8.54. The molecule has 0 aliphatic carbocycles. The zero-order valence-electron chi connectivity index (χ0n) is 11.8. The molecule has 0 spiro atoms. The molecule has 3 nitrogen and oxygen atoms in total. The van der Waals surface area contributed by atoms with Crippen molar-refractivity contribution in [3.05, 3.63) is 17.0 Å². The van der Waals surface area contributed by atoms with E-state index in [2.05, 4.69) is 43.0 Å². The summed E-state index contributed by atoms with van der Waals surface area (Å²) in [6, 6.07) is 0.411. The SMILES string of the molecule is CCCc1c(Cl)ncnc1NC(C)CCC(C)C. The fourth-order valence-corrected chi connectivity index (χ4v) is 2.10. The van der Waals surface area contributed by atoms with Crippen molar-refractivity contribution in [2.45, 2.75) is 59.4 Å². The molecule has 1 N–H and O–H groups in total. The van der Waals surface area contributed by atoms with Crippen LogP contribution < -0.4 is 5.32 Å². The minimum Gasteiger partial charge on any atom is -0.367 e. The first-order valence-corrected chi connectivity index (χ1v) is 7.18. The summed E-state index contributed by atoms with van der Waals surface area (Å²) in [5, 5.41) is 4.03. The van der Waals surface area contributed by atoms with Crippen LogP contribution in [0.2, 0.25) is 5.15 Å². The Bertz CT molecular complexity index is 366. The minimum atomic E-state index is 0.411. The molecule has 0 fully saturated rings. The van der Waals surface area contributed by atoms with Gasteiger partial charge in [0.25, 0.3) is 0 Å². The molecule has 1 atom stereocenters. The Kier molecular flexibility index (Phi) is 6.41. The molecule has 0 aromatic carbocycles. The highest BCUT2D eigenvalue weighted by Gasteiger charge is 2.11. The fraction of sp³-hybridized carbons (Fsp3) is 0.714. The predicted octanol–water partition coefficient (Wildman–Crippen LogP) is 4.32. The van der Waals surface area contributed by atoms with Gasteiger partial charge in [0.1, 0.15) is 17.3 Å². The van der Waals surface area contributed by atoms with Gasteiger partial charge in [-0.3, -0.25) is 0 Å². The molecule has 0 aliphatic heterocycles. The molecule has 1 heterocycles. The van der Waals surface area contributed by atoms with E-state index in [0.29, 0.717) is 11.2 Å².